The third kappa shape index (κ3) is 5.35. The van der Waals surface area contributed by atoms with Gasteiger partial charge in [-0.1, -0.05) is 194 Å². The minimum absolute atomic E-state index is 0.548. The Labute approximate surface area is 364 Å². The van der Waals surface area contributed by atoms with Crippen molar-refractivity contribution >= 4 is 21.7 Å². The van der Waals surface area contributed by atoms with Crippen molar-refractivity contribution in [2.75, 3.05) is 0 Å². The number of fused-ring (bicyclic) bond motifs is 13. The van der Waals surface area contributed by atoms with E-state index in [2.05, 4.69) is 158 Å². The van der Waals surface area contributed by atoms with Gasteiger partial charge in [0.05, 0.1) is 16.6 Å². The summed E-state index contributed by atoms with van der Waals surface area (Å²) < 4.78 is 0. The Balaban J connectivity index is 0.981. The molecule has 0 saturated carbocycles. The lowest BCUT2D eigenvalue weighted by Gasteiger charge is -2.32. The fourth-order valence-corrected chi connectivity index (χ4v) is 10.4. The first-order valence-electron chi connectivity index (χ1n) is 21.5. The Morgan fingerprint density at radius 2 is 0.778 bits per heavy atom. The van der Waals surface area contributed by atoms with Crippen molar-refractivity contribution < 1.29 is 0 Å². The predicted octanol–water partition coefficient (Wildman–Crippen LogP) is 14.3. The van der Waals surface area contributed by atoms with Gasteiger partial charge in [-0.15, -0.1) is 0 Å². The maximum atomic E-state index is 5.43. The van der Waals surface area contributed by atoms with Crippen LogP contribution in [0.3, 0.4) is 0 Å². The topological polar surface area (TPSA) is 51.6 Å². The molecule has 0 aliphatic heterocycles. The third-order valence-electron chi connectivity index (χ3n) is 13.1. The number of rotatable bonds is 5. The highest BCUT2D eigenvalue weighted by molar-refractivity contribution is 6.07. The van der Waals surface area contributed by atoms with Crippen LogP contribution in [0.4, 0.5) is 0 Å². The lowest BCUT2D eigenvalue weighted by atomic mass is 9.69. The molecular weight excluding hydrogens is 765 g/mol. The third-order valence-corrected chi connectivity index (χ3v) is 13.1. The summed E-state index contributed by atoms with van der Waals surface area (Å²) in [5.41, 5.74) is 18.0. The summed E-state index contributed by atoms with van der Waals surface area (Å²) in [6.45, 7) is 0. The zero-order valence-corrected chi connectivity index (χ0v) is 34.1. The molecule has 2 heterocycles. The Morgan fingerprint density at radius 1 is 0.302 bits per heavy atom. The lowest BCUT2D eigenvalue weighted by Crippen LogP contribution is -2.26. The molecule has 1 spiro atoms. The Hall–Kier alpha value is -8.34. The van der Waals surface area contributed by atoms with E-state index in [4.69, 9.17) is 19.9 Å². The van der Waals surface area contributed by atoms with Crippen LogP contribution in [-0.2, 0) is 5.41 Å². The molecule has 63 heavy (non-hydrogen) atoms. The van der Waals surface area contributed by atoms with Gasteiger partial charge in [-0.3, -0.25) is 0 Å². The van der Waals surface area contributed by atoms with Crippen LogP contribution in [0.2, 0.25) is 0 Å². The zero-order valence-electron chi connectivity index (χ0n) is 34.1. The van der Waals surface area contributed by atoms with Gasteiger partial charge < -0.3 is 0 Å². The number of hydrogen-bond acceptors (Lipinski definition) is 4. The van der Waals surface area contributed by atoms with E-state index in [0.29, 0.717) is 17.5 Å². The second-order valence-electron chi connectivity index (χ2n) is 16.5. The number of hydrogen-bond donors (Lipinski definition) is 0. The second-order valence-corrected chi connectivity index (χ2v) is 16.5. The van der Waals surface area contributed by atoms with E-state index in [1.54, 1.807) is 0 Å². The SMILES string of the molecule is c1ccc(-c2nc(-c3ccccc3)nc(-c3ccc4cc(-c5ccc6c(c5)C5(c7ccccc7-6)c6ccccc6-c6c(-c7ccccc7)nc7ccccc7c65)ccc4c3)n2)cc1. The first-order valence-corrected chi connectivity index (χ1v) is 21.5. The van der Waals surface area contributed by atoms with Gasteiger partial charge >= 0.3 is 0 Å². The average Bonchev–Trinajstić information content (AvgIpc) is 3.84. The van der Waals surface area contributed by atoms with Gasteiger partial charge in [0.1, 0.15) is 0 Å². The van der Waals surface area contributed by atoms with Crippen LogP contribution in [0.5, 0.6) is 0 Å². The highest BCUT2D eigenvalue weighted by atomic mass is 15.0. The second kappa shape index (κ2) is 13.8. The summed E-state index contributed by atoms with van der Waals surface area (Å²) >= 11 is 0. The van der Waals surface area contributed by atoms with Gasteiger partial charge in [-0.25, -0.2) is 19.9 Å². The Morgan fingerprint density at radius 3 is 1.46 bits per heavy atom. The van der Waals surface area contributed by atoms with Crippen LogP contribution >= 0.6 is 0 Å². The summed E-state index contributed by atoms with van der Waals surface area (Å²) in [4.78, 5) is 20.3. The molecular formula is C59H36N4. The molecule has 2 aromatic heterocycles. The average molecular weight is 801 g/mol. The largest absolute Gasteiger partial charge is 0.247 e. The first kappa shape index (κ1) is 35.4. The quantitative estimate of drug-likeness (QED) is 0.174. The van der Waals surface area contributed by atoms with Crippen LogP contribution in [-0.4, -0.2) is 19.9 Å². The number of aromatic nitrogens is 4. The first-order chi connectivity index (χ1) is 31.2. The minimum Gasteiger partial charge on any atom is -0.247 e. The Bertz CT molecular complexity index is 3560. The van der Waals surface area contributed by atoms with E-state index in [0.717, 1.165) is 49.8 Å². The fraction of sp³-hybridized carbons (Fsp3) is 0.0169. The van der Waals surface area contributed by atoms with Crippen molar-refractivity contribution in [3.05, 3.63) is 241 Å². The monoisotopic (exact) mass is 800 g/mol. The van der Waals surface area contributed by atoms with Gasteiger partial charge in [0, 0.05) is 33.2 Å². The molecule has 2 aliphatic rings. The maximum absolute atomic E-state index is 5.43. The van der Waals surface area contributed by atoms with Crippen molar-refractivity contribution in [2.45, 2.75) is 5.41 Å². The van der Waals surface area contributed by atoms with Crippen molar-refractivity contribution in [2.24, 2.45) is 0 Å². The molecule has 1 unspecified atom stereocenters. The smallest absolute Gasteiger partial charge is 0.164 e. The predicted molar refractivity (Wildman–Crippen MR) is 256 cm³/mol. The number of benzene rings is 9. The highest BCUT2D eigenvalue weighted by Gasteiger charge is 2.53. The molecule has 0 bridgehead atoms. The fourth-order valence-electron chi connectivity index (χ4n) is 10.4. The van der Waals surface area contributed by atoms with Crippen LogP contribution in [0.25, 0.3) is 100 Å². The summed E-state index contributed by atoms with van der Waals surface area (Å²) in [6, 6.07) is 78.2. The molecule has 4 nitrogen and oxygen atoms in total. The normalized spacial score (nSPS) is 14.4. The van der Waals surface area contributed by atoms with E-state index in [1.807, 2.05) is 60.7 Å². The van der Waals surface area contributed by atoms with Crippen molar-refractivity contribution in [3.63, 3.8) is 0 Å². The van der Waals surface area contributed by atoms with Crippen molar-refractivity contribution in [1.29, 1.82) is 0 Å². The summed E-state index contributed by atoms with van der Waals surface area (Å²) in [5, 5.41) is 3.45. The van der Waals surface area contributed by atoms with Crippen LogP contribution in [0.1, 0.15) is 22.3 Å². The zero-order chi connectivity index (χ0) is 41.5. The summed E-state index contributed by atoms with van der Waals surface area (Å²) in [7, 11) is 0. The van der Waals surface area contributed by atoms with E-state index >= 15 is 0 Å². The molecule has 13 rings (SSSR count). The van der Waals surface area contributed by atoms with Gasteiger partial charge in [0.15, 0.2) is 17.5 Å². The number of para-hydroxylation sites is 1. The van der Waals surface area contributed by atoms with Gasteiger partial charge in [-0.05, 0) is 85.1 Å². The highest BCUT2D eigenvalue weighted by Crippen LogP contribution is 2.65. The van der Waals surface area contributed by atoms with Gasteiger partial charge in [0.2, 0.25) is 0 Å². The standard InChI is InChI=1S/C59H36N4/c1-4-16-37(17-5-1)55-53-47-23-11-14-26-50(47)59(54(53)48-24-12-15-27-52(48)60-55)49-25-13-10-22-45(49)46-33-32-43(36-51(46)59)41-28-29-42-35-44(31-30-40(42)34-41)58-62-56(38-18-6-2-7-19-38)61-57(63-58)39-20-8-3-9-21-39/h1-36H. The summed E-state index contributed by atoms with van der Waals surface area (Å²) in [6.07, 6.45) is 0. The molecule has 9 aromatic carbocycles. The maximum Gasteiger partial charge on any atom is 0.164 e. The molecule has 4 heteroatoms. The van der Waals surface area contributed by atoms with Crippen molar-refractivity contribution in [1.82, 2.24) is 19.9 Å². The summed E-state index contributed by atoms with van der Waals surface area (Å²) in [5.74, 6) is 1.95. The van der Waals surface area contributed by atoms with Crippen molar-refractivity contribution in [3.8, 4) is 78.8 Å². The van der Waals surface area contributed by atoms with Crippen LogP contribution in [0.15, 0.2) is 218 Å². The molecule has 0 N–H and O–H groups in total. The molecule has 0 radical (unpaired) electrons. The van der Waals surface area contributed by atoms with Gasteiger partial charge in [0.25, 0.3) is 0 Å². The molecule has 1 atom stereocenters. The molecule has 11 aromatic rings. The molecule has 292 valence electrons. The van der Waals surface area contributed by atoms with Crippen LogP contribution < -0.4 is 0 Å². The molecule has 0 amide bonds. The molecule has 0 saturated heterocycles. The minimum atomic E-state index is -0.548. The van der Waals surface area contributed by atoms with Crippen LogP contribution in [0, 0.1) is 0 Å². The number of pyridine rings is 1. The van der Waals surface area contributed by atoms with E-state index < -0.39 is 5.41 Å². The Kier molecular flexibility index (Phi) is 7.79. The van der Waals surface area contributed by atoms with E-state index in [-0.39, 0.29) is 0 Å². The molecule has 2 aliphatic carbocycles. The molecule has 0 fully saturated rings. The van der Waals surface area contributed by atoms with E-state index in [9.17, 15) is 0 Å². The lowest BCUT2D eigenvalue weighted by molar-refractivity contribution is 0.801. The van der Waals surface area contributed by atoms with E-state index in [1.165, 1.54) is 55.5 Å². The van der Waals surface area contributed by atoms with Gasteiger partial charge in [-0.2, -0.15) is 0 Å². The number of nitrogens with zero attached hydrogens (tertiary/aromatic N) is 4.